The zero-order chi connectivity index (χ0) is 15.9. The molecule has 22 heavy (non-hydrogen) atoms. The number of rotatable bonds is 4. The second kappa shape index (κ2) is 7.84. The third-order valence-electron chi connectivity index (χ3n) is 3.69. The van der Waals surface area contributed by atoms with Gasteiger partial charge in [-0.15, -0.1) is 0 Å². The van der Waals surface area contributed by atoms with Crippen LogP contribution in [0.4, 0.5) is 5.69 Å². The SMILES string of the molecule is COc1cccc(OC)c1NC(=S)NNC(=O)C1CCCC1. The summed E-state index contributed by atoms with van der Waals surface area (Å²) in [5.74, 6) is 1.26. The molecule has 1 amide bonds. The molecule has 0 saturated heterocycles. The summed E-state index contributed by atoms with van der Waals surface area (Å²) in [6.45, 7) is 0. The summed E-state index contributed by atoms with van der Waals surface area (Å²) in [7, 11) is 3.14. The molecule has 0 radical (unpaired) electrons. The van der Waals surface area contributed by atoms with Crippen molar-refractivity contribution in [2.45, 2.75) is 25.7 Å². The number of thiocarbonyl (C=S) groups is 1. The number of hydrogen-bond donors (Lipinski definition) is 3. The van der Waals surface area contributed by atoms with Crippen molar-refractivity contribution in [2.24, 2.45) is 5.92 Å². The first-order valence-corrected chi connectivity index (χ1v) is 7.64. The van der Waals surface area contributed by atoms with Crippen molar-refractivity contribution in [3.63, 3.8) is 0 Å². The van der Waals surface area contributed by atoms with Gasteiger partial charge in [0.25, 0.3) is 0 Å². The molecule has 120 valence electrons. The van der Waals surface area contributed by atoms with Gasteiger partial charge in [0.15, 0.2) is 5.11 Å². The zero-order valence-electron chi connectivity index (χ0n) is 12.8. The molecule has 1 aliphatic carbocycles. The van der Waals surface area contributed by atoms with Crippen molar-refractivity contribution < 1.29 is 14.3 Å². The fourth-order valence-electron chi connectivity index (χ4n) is 2.53. The van der Waals surface area contributed by atoms with E-state index in [0.29, 0.717) is 17.2 Å². The first kappa shape index (κ1) is 16.4. The number of nitrogens with one attached hydrogen (secondary N) is 3. The molecule has 1 saturated carbocycles. The summed E-state index contributed by atoms with van der Waals surface area (Å²) in [5, 5.41) is 3.25. The average Bonchev–Trinajstić information content (AvgIpc) is 3.07. The highest BCUT2D eigenvalue weighted by atomic mass is 32.1. The Bertz CT molecular complexity index is 523. The number of carbonyl (C=O) groups excluding carboxylic acids is 1. The third-order valence-corrected chi connectivity index (χ3v) is 3.90. The number of carbonyl (C=O) groups is 1. The second-order valence-corrected chi connectivity index (χ2v) is 5.50. The molecule has 1 aromatic carbocycles. The Balaban J connectivity index is 1.93. The van der Waals surface area contributed by atoms with Gasteiger partial charge in [0.1, 0.15) is 17.2 Å². The van der Waals surface area contributed by atoms with E-state index in [0.717, 1.165) is 25.7 Å². The number of ether oxygens (including phenoxy) is 2. The number of methoxy groups -OCH3 is 2. The van der Waals surface area contributed by atoms with E-state index in [2.05, 4.69) is 16.2 Å². The molecule has 7 heteroatoms. The van der Waals surface area contributed by atoms with E-state index in [-0.39, 0.29) is 16.9 Å². The maximum absolute atomic E-state index is 11.9. The predicted octanol–water partition coefficient (Wildman–Crippen LogP) is 2.21. The average molecular weight is 323 g/mol. The summed E-state index contributed by atoms with van der Waals surface area (Å²) in [5.41, 5.74) is 5.98. The standard InChI is InChI=1S/C15H21N3O3S/c1-20-11-8-5-9-12(21-2)13(11)16-15(22)18-17-14(19)10-6-3-4-7-10/h5,8-10H,3-4,6-7H2,1-2H3,(H,17,19)(H2,16,18,22). The van der Waals surface area contributed by atoms with Gasteiger partial charge in [-0.3, -0.25) is 15.6 Å². The van der Waals surface area contributed by atoms with Crippen molar-refractivity contribution in [3.8, 4) is 11.5 Å². The summed E-state index contributed by atoms with van der Waals surface area (Å²) in [6, 6.07) is 5.41. The first-order valence-electron chi connectivity index (χ1n) is 7.23. The number of amides is 1. The Morgan fingerprint density at radius 3 is 2.27 bits per heavy atom. The molecule has 0 aromatic heterocycles. The van der Waals surface area contributed by atoms with Crippen LogP contribution in [0.2, 0.25) is 0 Å². The minimum Gasteiger partial charge on any atom is -0.494 e. The van der Waals surface area contributed by atoms with E-state index in [9.17, 15) is 4.79 Å². The minimum atomic E-state index is -0.0198. The summed E-state index contributed by atoms with van der Waals surface area (Å²) in [6.07, 6.45) is 4.10. The Labute approximate surface area is 135 Å². The van der Waals surface area contributed by atoms with Gasteiger partial charge in [-0.25, -0.2) is 0 Å². The van der Waals surface area contributed by atoms with Gasteiger partial charge in [0.05, 0.1) is 14.2 Å². The van der Waals surface area contributed by atoms with Crippen LogP contribution in [0.1, 0.15) is 25.7 Å². The highest BCUT2D eigenvalue weighted by molar-refractivity contribution is 7.80. The number of hydrazine groups is 1. The van der Waals surface area contributed by atoms with E-state index in [4.69, 9.17) is 21.7 Å². The molecule has 2 rings (SSSR count). The summed E-state index contributed by atoms with van der Waals surface area (Å²) in [4.78, 5) is 11.9. The highest BCUT2D eigenvalue weighted by Gasteiger charge is 2.22. The van der Waals surface area contributed by atoms with Crippen molar-refractivity contribution in [1.29, 1.82) is 0 Å². The maximum atomic E-state index is 11.9. The predicted molar refractivity (Wildman–Crippen MR) is 89.0 cm³/mol. The lowest BCUT2D eigenvalue weighted by molar-refractivity contribution is -0.125. The molecule has 0 atom stereocenters. The van der Waals surface area contributed by atoms with Crippen LogP contribution in [-0.4, -0.2) is 25.2 Å². The molecule has 0 aliphatic heterocycles. The maximum Gasteiger partial charge on any atom is 0.241 e. The smallest absolute Gasteiger partial charge is 0.241 e. The zero-order valence-corrected chi connectivity index (χ0v) is 13.6. The van der Waals surface area contributed by atoms with Crippen LogP contribution in [0.3, 0.4) is 0 Å². The number of para-hydroxylation sites is 1. The van der Waals surface area contributed by atoms with Crippen LogP contribution in [0.5, 0.6) is 11.5 Å². The van der Waals surface area contributed by atoms with Crippen molar-refractivity contribution in [2.75, 3.05) is 19.5 Å². The fraction of sp³-hybridized carbons (Fsp3) is 0.467. The van der Waals surface area contributed by atoms with E-state index < -0.39 is 0 Å². The third kappa shape index (κ3) is 4.00. The van der Waals surface area contributed by atoms with Crippen LogP contribution in [-0.2, 0) is 4.79 Å². The monoisotopic (exact) mass is 323 g/mol. The van der Waals surface area contributed by atoms with Gasteiger partial charge in [-0.05, 0) is 37.2 Å². The molecular formula is C15H21N3O3S. The fourth-order valence-corrected chi connectivity index (χ4v) is 2.68. The molecule has 0 bridgehead atoms. The molecule has 0 spiro atoms. The Kier molecular flexibility index (Phi) is 5.83. The molecule has 1 aliphatic rings. The van der Waals surface area contributed by atoms with Crippen LogP contribution < -0.4 is 25.6 Å². The number of hydrogen-bond acceptors (Lipinski definition) is 4. The Morgan fingerprint density at radius 2 is 1.73 bits per heavy atom. The molecule has 1 fully saturated rings. The topological polar surface area (TPSA) is 71.6 Å². The molecule has 3 N–H and O–H groups in total. The lowest BCUT2D eigenvalue weighted by atomic mass is 10.1. The molecule has 0 heterocycles. The Morgan fingerprint density at radius 1 is 1.14 bits per heavy atom. The lowest BCUT2D eigenvalue weighted by Crippen LogP contribution is -2.45. The summed E-state index contributed by atoms with van der Waals surface area (Å²) < 4.78 is 10.6. The van der Waals surface area contributed by atoms with Gasteiger partial charge in [0.2, 0.25) is 5.91 Å². The van der Waals surface area contributed by atoms with Gasteiger partial charge in [-0.1, -0.05) is 18.9 Å². The quantitative estimate of drug-likeness (QED) is 0.583. The van der Waals surface area contributed by atoms with E-state index in [1.807, 2.05) is 6.07 Å². The van der Waals surface area contributed by atoms with Crippen LogP contribution >= 0.6 is 12.2 Å². The van der Waals surface area contributed by atoms with Gasteiger partial charge >= 0.3 is 0 Å². The van der Waals surface area contributed by atoms with E-state index in [1.54, 1.807) is 26.4 Å². The van der Waals surface area contributed by atoms with Crippen molar-refractivity contribution in [3.05, 3.63) is 18.2 Å². The number of benzene rings is 1. The molecule has 6 nitrogen and oxygen atoms in total. The van der Waals surface area contributed by atoms with Crippen molar-refractivity contribution in [1.82, 2.24) is 10.9 Å². The summed E-state index contributed by atoms with van der Waals surface area (Å²) >= 11 is 5.20. The molecule has 1 aromatic rings. The largest absolute Gasteiger partial charge is 0.494 e. The van der Waals surface area contributed by atoms with Crippen LogP contribution in [0.25, 0.3) is 0 Å². The molecular weight excluding hydrogens is 302 g/mol. The van der Waals surface area contributed by atoms with E-state index in [1.165, 1.54) is 0 Å². The highest BCUT2D eigenvalue weighted by Crippen LogP contribution is 2.33. The Hall–Kier alpha value is -2.02. The minimum absolute atomic E-state index is 0.0198. The lowest BCUT2D eigenvalue weighted by Gasteiger charge is -2.17. The van der Waals surface area contributed by atoms with Crippen molar-refractivity contribution >= 4 is 28.9 Å². The first-order chi connectivity index (χ1) is 10.7. The molecule has 0 unspecified atom stereocenters. The van der Waals surface area contributed by atoms with Crippen LogP contribution in [0, 0.1) is 5.92 Å². The normalized spacial score (nSPS) is 14.3. The van der Waals surface area contributed by atoms with Crippen LogP contribution in [0.15, 0.2) is 18.2 Å². The van der Waals surface area contributed by atoms with Gasteiger partial charge < -0.3 is 14.8 Å². The van der Waals surface area contributed by atoms with Gasteiger partial charge in [0, 0.05) is 5.92 Å². The second-order valence-electron chi connectivity index (χ2n) is 5.09. The van der Waals surface area contributed by atoms with Gasteiger partial charge in [-0.2, -0.15) is 0 Å². The van der Waals surface area contributed by atoms with E-state index >= 15 is 0 Å². The number of anilines is 1.